The fourth-order valence-electron chi connectivity index (χ4n) is 3.63. The van der Waals surface area contributed by atoms with E-state index in [1.165, 1.54) is 11.3 Å². The highest BCUT2D eigenvalue weighted by molar-refractivity contribution is 5.96. The zero-order valence-electron chi connectivity index (χ0n) is 16.3. The van der Waals surface area contributed by atoms with Gasteiger partial charge in [0.1, 0.15) is 5.76 Å². The quantitative estimate of drug-likeness (QED) is 0.912. The zero-order valence-corrected chi connectivity index (χ0v) is 16.3. The first-order valence-electron chi connectivity index (χ1n) is 9.14. The van der Waals surface area contributed by atoms with Gasteiger partial charge >= 0.3 is 0 Å². The van der Waals surface area contributed by atoms with E-state index in [1.54, 1.807) is 0 Å². The van der Waals surface area contributed by atoms with E-state index in [1.807, 2.05) is 32.9 Å². The highest BCUT2D eigenvalue weighted by Crippen LogP contribution is 2.27. The van der Waals surface area contributed by atoms with Gasteiger partial charge in [-0.15, -0.1) is 0 Å². The summed E-state index contributed by atoms with van der Waals surface area (Å²) in [6.07, 6.45) is 0. The van der Waals surface area contributed by atoms with Crippen molar-refractivity contribution in [2.45, 2.75) is 33.6 Å². The van der Waals surface area contributed by atoms with Crippen LogP contribution >= 0.6 is 0 Å². The van der Waals surface area contributed by atoms with Crippen molar-refractivity contribution >= 4 is 17.3 Å². The molecule has 140 valence electrons. The fraction of sp³-hybridized carbons (Fsp3) is 0.500. The molecule has 1 fully saturated rings. The van der Waals surface area contributed by atoms with Crippen LogP contribution in [0.25, 0.3) is 0 Å². The highest BCUT2D eigenvalue weighted by atomic mass is 16.5. The third-order valence-corrected chi connectivity index (χ3v) is 5.22. The molecule has 1 aromatic heterocycles. The number of nitrogens with one attached hydrogen (secondary N) is 1. The number of rotatable bonds is 4. The van der Waals surface area contributed by atoms with E-state index in [2.05, 4.69) is 40.3 Å². The summed E-state index contributed by atoms with van der Waals surface area (Å²) in [5.41, 5.74) is 4.89. The molecule has 1 amide bonds. The first kappa shape index (κ1) is 18.5. The van der Waals surface area contributed by atoms with Crippen LogP contribution in [0.2, 0.25) is 0 Å². The molecule has 6 nitrogen and oxygen atoms in total. The van der Waals surface area contributed by atoms with Gasteiger partial charge in [-0.2, -0.15) is 0 Å². The monoisotopic (exact) mass is 356 g/mol. The number of hydrogen-bond acceptors (Lipinski definition) is 5. The van der Waals surface area contributed by atoms with Crippen molar-refractivity contribution < 1.29 is 9.32 Å². The van der Waals surface area contributed by atoms with Gasteiger partial charge in [0.15, 0.2) is 0 Å². The molecule has 1 saturated heterocycles. The maximum absolute atomic E-state index is 12.7. The minimum Gasteiger partial charge on any atom is -0.369 e. The lowest BCUT2D eigenvalue weighted by atomic mass is 9.98. The second-order valence-corrected chi connectivity index (χ2v) is 7.24. The summed E-state index contributed by atoms with van der Waals surface area (Å²) in [5.74, 6) is 0.344. The number of carbonyl (C=O) groups is 1. The van der Waals surface area contributed by atoms with Crippen LogP contribution in [0.3, 0.4) is 0 Å². The predicted octanol–water partition coefficient (Wildman–Crippen LogP) is 3.09. The van der Waals surface area contributed by atoms with E-state index in [4.69, 9.17) is 4.52 Å². The summed E-state index contributed by atoms with van der Waals surface area (Å²) in [4.78, 5) is 17.4. The van der Waals surface area contributed by atoms with Crippen LogP contribution in [0.15, 0.2) is 22.7 Å². The van der Waals surface area contributed by atoms with E-state index in [0.29, 0.717) is 5.76 Å². The second kappa shape index (κ2) is 7.50. The predicted molar refractivity (Wildman–Crippen MR) is 104 cm³/mol. The molecule has 1 aliphatic rings. The van der Waals surface area contributed by atoms with Gasteiger partial charge in [0, 0.05) is 43.1 Å². The Morgan fingerprint density at radius 1 is 1.19 bits per heavy atom. The van der Waals surface area contributed by atoms with Crippen LogP contribution in [0.4, 0.5) is 11.4 Å². The molecule has 1 unspecified atom stereocenters. The molecule has 0 bridgehead atoms. The Labute approximate surface area is 155 Å². The summed E-state index contributed by atoms with van der Waals surface area (Å²) in [7, 11) is 2.16. The molecule has 1 aromatic carbocycles. The Balaban J connectivity index is 1.70. The topological polar surface area (TPSA) is 61.6 Å². The summed E-state index contributed by atoms with van der Waals surface area (Å²) in [6.45, 7) is 11.9. The van der Waals surface area contributed by atoms with Gasteiger partial charge in [0.25, 0.3) is 0 Å². The molecule has 0 spiro atoms. The molecule has 26 heavy (non-hydrogen) atoms. The molecule has 0 radical (unpaired) electrons. The van der Waals surface area contributed by atoms with Gasteiger partial charge < -0.3 is 19.6 Å². The van der Waals surface area contributed by atoms with Crippen LogP contribution in [0.5, 0.6) is 0 Å². The van der Waals surface area contributed by atoms with E-state index < -0.39 is 0 Å². The number of benzene rings is 1. The third-order valence-electron chi connectivity index (χ3n) is 5.22. The van der Waals surface area contributed by atoms with Gasteiger partial charge in [-0.05, 0) is 58.5 Å². The van der Waals surface area contributed by atoms with E-state index in [-0.39, 0.29) is 11.8 Å². The van der Waals surface area contributed by atoms with Crippen molar-refractivity contribution in [2.75, 3.05) is 43.4 Å². The maximum atomic E-state index is 12.7. The van der Waals surface area contributed by atoms with Gasteiger partial charge in [0.2, 0.25) is 5.91 Å². The van der Waals surface area contributed by atoms with E-state index in [9.17, 15) is 4.79 Å². The van der Waals surface area contributed by atoms with Crippen LogP contribution in [-0.4, -0.2) is 49.2 Å². The van der Waals surface area contributed by atoms with Crippen molar-refractivity contribution in [2.24, 2.45) is 0 Å². The second-order valence-electron chi connectivity index (χ2n) is 7.24. The fourth-order valence-corrected chi connectivity index (χ4v) is 3.63. The molecule has 0 saturated carbocycles. The molecular weight excluding hydrogens is 328 g/mol. The summed E-state index contributed by atoms with van der Waals surface area (Å²) in [6, 6.07) is 6.14. The van der Waals surface area contributed by atoms with Gasteiger partial charge in [0.05, 0.1) is 11.6 Å². The molecule has 1 atom stereocenters. The smallest absolute Gasteiger partial charge is 0.231 e. The Hall–Kier alpha value is -2.34. The van der Waals surface area contributed by atoms with Gasteiger partial charge in [-0.3, -0.25) is 4.79 Å². The number of carbonyl (C=O) groups excluding carboxylic acids is 1. The van der Waals surface area contributed by atoms with Crippen LogP contribution in [0.1, 0.15) is 35.4 Å². The number of aromatic nitrogens is 1. The van der Waals surface area contributed by atoms with Gasteiger partial charge in [-0.25, -0.2) is 0 Å². The highest BCUT2D eigenvalue weighted by Gasteiger charge is 2.23. The summed E-state index contributed by atoms with van der Waals surface area (Å²) >= 11 is 0. The Bertz CT molecular complexity index is 772. The number of likely N-dealkylation sites (N-methyl/N-ethyl adjacent to an activating group) is 1. The van der Waals surface area contributed by atoms with E-state index >= 15 is 0 Å². The SMILES string of the molecule is Cc1cc(NC(=O)C(C)c2c(C)noc2C)ccc1N1CCN(C)CC1. The Kier molecular flexibility index (Phi) is 5.32. The molecule has 3 rings (SSSR count). The summed E-state index contributed by atoms with van der Waals surface area (Å²) in [5, 5.41) is 6.97. The zero-order chi connectivity index (χ0) is 18.8. The van der Waals surface area contributed by atoms with Gasteiger partial charge in [-0.1, -0.05) is 5.16 Å². The number of amides is 1. The van der Waals surface area contributed by atoms with Crippen molar-refractivity contribution in [3.05, 3.63) is 40.8 Å². The normalized spacial score (nSPS) is 16.6. The number of aryl methyl sites for hydroxylation is 3. The molecule has 2 aromatic rings. The Morgan fingerprint density at radius 2 is 1.88 bits per heavy atom. The minimum absolute atomic E-state index is 0.0499. The number of anilines is 2. The van der Waals surface area contributed by atoms with Crippen LogP contribution in [-0.2, 0) is 4.79 Å². The van der Waals surface area contributed by atoms with Crippen molar-refractivity contribution in [1.29, 1.82) is 0 Å². The molecule has 1 N–H and O–H groups in total. The average molecular weight is 356 g/mol. The van der Waals surface area contributed by atoms with Crippen molar-refractivity contribution in [3.8, 4) is 0 Å². The van der Waals surface area contributed by atoms with Crippen LogP contribution < -0.4 is 10.2 Å². The number of hydrogen-bond donors (Lipinski definition) is 1. The first-order valence-corrected chi connectivity index (χ1v) is 9.14. The van der Waals surface area contributed by atoms with Crippen molar-refractivity contribution in [1.82, 2.24) is 10.1 Å². The standard InChI is InChI=1S/C20H28N4O2/c1-13-12-17(6-7-18(13)24-10-8-23(5)9-11-24)21-20(25)14(2)19-15(3)22-26-16(19)4/h6-7,12,14H,8-11H2,1-5H3,(H,21,25). The molecule has 1 aliphatic heterocycles. The maximum Gasteiger partial charge on any atom is 0.231 e. The lowest BCUT2D eigenvalue weighted by molar-refractivity contribution is -0.117. The molecule has 0 aliphatic carbocycles. The average Bonchev–Trinajstić information content (AvgIpc) is 2.94. The molecule has 6 heteroatoms. The first-order chi connectivity index (χ1) is 12.4. The molecular formula is C20H28N4O2. The number of nitrogens with zero attached hydrogens (tertiary/aromatic N) is 3. The summed E-state index contributed by atoms with van der Waals surface area (Å²) < 4.78 is 5.19. The minimum atomic E-state index is -0.307. The van der Waals surface area contributed by atoms with E-state index in [0.717, 1.165) is 43.1 Å². The molecule has 2 heterocycles. The number of piperazine rings is 1. The lowest BCUT2D eigenvalue weighted by Crippen LogP contribution is -2.44. The Morgan fingerprint density at radius 3 is 2.46 bits per heavy atom. The third kappa shape index (κ3) is 3.75. The largest absolute Gasteiger partial charge is 0.369 e. The van der Waals surface area contributed by atoms with Crippen LogP contribution in [0, 0.1) is 20.8 Å². The van der Waals surface area contributed by atoms with Crippen molar-refractivity contribution in [3.63, 3.8) is 0 Å². The lowest BCUT2D eigenvalue weighted by Gasteiger charge is -2.35.